The molecule has 1 aromatic heterocycles. The normalized spacial score (nSPS) is 24.2. The van der Waals surface area contributed by atoms with Crippen LogP contribution in [-0.4, -0.2) is 19.1 Å². The van der Waals surface area contributed by atoms with Gasteiger partial charge in [0.25, 0.3) is 0 Å². The summed E-state index contributed by atoms with van der Waals surface area (Å²) in [5.41, 5.74) is -1.03. The van der Waals surface area contributed by atoms with Crippen LogP contribution in [0.2, 0.25) is 5.02 Å². The molecule has 6 nitrogen and oxygen atoms in total. The SMILES string of the molecule is COC(=O)[C@@H]1N[C@@H](c2ccccc2Cl)C(C#N)(C#N)[C@H]1c1ccco1. The lowest BCUT2D eigenvalue weighted by Crippen LogP contribution is -2.36. The number of benzene rings is 1. The van der Waals surface area contributed by atoms with Crippen molar-refractivity contribution in [2.24, 2.45) is 5.41 Å². The number of hydrogen-bond acceptors (Lipinski definition) is 6. The van der Waals surface area contributed by atoms with E-state index in [1.807, 2.05) is 0 Å². The van der Waals surface area contributed by atoms with Gasteiger partial charge >= 0.3 is 5.97 Å². The van der Waals surface area contributed by atoms with Crippen LogP contribution < -0.4 is 5.32 Å². The Morgan fingerprint density at radius 1 is 1.28 bits per heavy atom. The lowest BCUT2D eigenvalue weighted by molar-refractivity contribution is -0.143. The fourth-order valence-electron chi connectivity index (χ4n) is 3.38. The molecular weight excluding hydrogens is 342 g/mol. The highest BCUT2D eigenvalue weighted by Gasteiger charge is 2.61. The Labute approximate surface area is 149 Å². The fourth-order valence-corrected chi connectivity index (χ4v) is 3.62. The van der Waals surface area contributed by atoms with Crippen LogP contribution in [-0.2, 0) is 9.53 Å². The molecule has 7 heteroatoms. The Balaban J connectivity index is 2.21. The van der Waals surface area contributed by atoms with Gasteiger partial charge in [-0.1, -0.05) is 29.8 Å². The van der Waals surface area contributed by atoms with Crippen molar-refractivity contribution in [3.05, 3.63) is 59.0 Å². The largest absolute Gasteiger partial charge is 0.469 e. The zero-order valence-electron chi connectivity index (χ0n) is 13.3. The maximum absolute atomic E-state index is 12.3. The Bertz CT molecular complexity index is 852. The number of carbonyl (C=O) groups is 1. The molecule has 0 saturated carbocycles. The summed E-state index contributed by atoms with van der Waals surface area (Å²) >= 11 is 6.28. The van der Waals surface area contributed by atoms with Crippen LogP contribution >= 0.6 is 11.6 Å². The number of ether oxygens (including phenoxy) is 1. The average molecular weight is 356 g/mol. The van der Waals surface area contributed by atoms with Gasteiger partial charge in [0.2, 0.25) is 0 Å². The third-order valence-corrected chi connectivity index (χ3v) is 4.86. The van der Waals surface area contributed by atoms with Crippen molar-refractivity contribution in [3.63, 3.8) is 0 Å². The van der Waals surface area contributed by atoms with E-state index >= 15 is 0 Å². The van der Waals surface area contributed by atoms with Gasteiger partial charge in [-0.15, -0.1) is 0 Å². The molecule has 0 radical (unpaired) electrons. The van der Waals surface area contributed by atoms with Gasteiger partial charge < -0.3 is 9.15 Å². The lowest BCUT2D eigenvalue weighted by Gasteiger charge is -2.26. The Kier molecular flexibility index (Phi) is 4.50. The molecule has 1 saturated heterocycles. The average Bonchev–Trinajstić information content (AvgIpc) is 3.27. The molecule has 2 aromatic rings. The van der Waals surface area contributed by atoms with Crippen molar-refractivity contribution < 1.29 is 13.9 Å². The van der Waals surface area contributed by atoms with Gasteiger partial charge in [0.1, 0.15) is 11.8 Å². The topological polar surface area (TPSA) is 99.0 Å². The molecule has 0 amide bonds. The molecule has 3 rings (SSSR count). The lowest BCUT2D eigenvalue weighted by atomic mass is 9.70. The van der Waals surface area contributed by atoms with E-state index in [2.05, 4.69) is 17.5 Å². The highest BCUT2D eigenvalue weighted by Crippen LogP contribution is 2.53. The Morgan fingerprint density at radius 3 is 2.56 bits per heavy atom. The van der Waals surface area contributed by atoms with Crippen molar-refractivity contribution in [1.82, 2.24) is 5.32 Å². The highest BCUT2D eigenvalue weighted by molar-refractivity contribution is 6.31. The first-order valence-electron chi connectivity index (χ1n) is 7.53. The van der Waals surface area contributed by atoms with Gasteiger partial charge in [-0.25, -0.2) is 0 Å². The molecule has 0 spiro atoms. The molecule has 0 aliphatic carbocycles. The molecule has 0 unspecified atom stereocenters. The highest BCUT2D eigenvalue weighted by atomic mass is 35.5. The molecule has 1 N–H and O–H groups in total. The van der Waals surface area contributed by atoms with E-state index in [1.165, 1.54) is 13.4 Å². The number of nitrogens with zero attached hydrogens (tertiary/aromatic N) is 2. The summed E-state index contributed by atoms with van der Waals surface area (Å²) < 4.78 is 10.3. The van der Waals surface area contributed by atoms with E-state index in [-0.39, 0.29) is 0 Å². The number of nitrogens with one attached hydrogen (secondary N) is 1. The molecule has 1 aromatic carbocycles. The number of methoxy groups -OCH3 is 1. The number of hydrogen-bond donors (Lipinski definition) is 1. The number of nitriles is 2. The Hall–Kier alpha value is -2.80. The molecule has 25 heavy (non-hydrogen) atoms. The number of rotatable bonds is 3. The fraction of sp³-hybridized carbons (Fsp3) is 0.278. The minimum Gasteiger partial charge on any atom is -0.469 e. The molecule has 126 valence electrons. The van der Waals surface area contributed by atoms with Gasteiger partial charge in [0, 0.05) is 5.02 Å². The zero-order valence-corrected chi connectivity index (χ0v) is 14.0. The molecule has 1 fully saturated rings. The maximum Gasteiger partial charge on any atom is 0.323 e. The van der Waals surface area contributed by atoms with Crippen molar-refractivity contribution in [1.29, 1.82) is 10.5 Å². The number of esters is 1. The van der Waals surface area contributed by atoms with E-state index < -0.39 is 29.4 Å². The standard InChI is InChI=1S/C18H14ClN3O3/c1-24-17(23)15-14(13-7-4-8-25-13)18(9-20,10-21)16(22-15)11-5-2-3-6-12(11)19/h2-8,14-16,22H,1H3/t14-,15+,16-/m0/s1. The predicted octanol–water partition coefficient (Wildman–Crippen LogP) is 2.94. The molecular formula is C18H14ClN3O3. The second kappa shape index (κ2) is 6.60. The summed E-state index contributed by atoms with van der Waals surface area (Å²) in [4.78, 5) is 12.3. The maximum atomic E-state index is 12.3. The van der Waals surface area contributed by atoms with E-state index in [9.17, 15) is 15.3 Å². The second-order valence-corrected chi connectivity index (χ2v) is 6.11. The van der Waals surface area contributed by atoms with Crippen LogP contribution in [0, 0.1) is 28.1 Å². The quantitative estimate of drug-likeness (QED) is 0.850. The Morgan fingerprint density at radius 2 is 2.00 bits per heavy atom. The van der Waals surface area contributed by atoms with Gasteiger partial charge in [-0.3, -0.25) is 10.1 Å². The monoisotopic (exact) mass is 355 g/mol. The van der Waals surface area contributed by atoms with Crippen molar-refractivity contribution in [2.45, 2.75) is 18.0 Å². The second-order valence-electron chi connectivity index (χ2n) is 5.71. The number of halogens is 1. The molecule has 2 heterocycles. The minimum atomic E-state index is -1.60. The first-order valence-corrected chi connectivity index (χ1v) is 7.91. The number of furan rings is 1. The van der Waals surface area contributed by atoms with Crippen molar-refractivity contribution in [2.75, 3.05) is 7.11 Å². The van der Waals surface area contributed by atoms with Gasteiger partial charge in [0.05, 0.1) is 37.5 Å². The van der Waals surface area contributed by atoms with Crippen molar-refractivity contribution in [3.8, 4) is 12.1 Å². The minimum absolute atomic E-state index is 0.362. The smallest absolute Gasteiger partial charge is 0.323 e. The summed E-state index contributed by atoms with van der Waals surface area (Å²) in [6.45, 7) is 0. The summed E-state index contributed by atoms with van der Waals surface area (Å²) in [5.74, 6) is -1.06. The molecule has 1 aliphatic heterocycles. The van der Waals surface area contributed by atoms with Crippen LogP contribution in [0.4, 0.5) is 0 Å². The summed E-state index contributed by atoms with van der Waals surface area (Å²) in [5, 5.41) is 23.3. The van der Waals surface area contributed by atoms with Crippen LogP contribution in [0.5, 0.6) is 0 Å². The van der Waals surface area contributed by atoms with Crippen LogP contribution in [0.1, 0.15) is 23.3 Å². The van der Waals surface area contributed by atoms with Crippen LogP contribution in [0.15, 0.2) is 47.1 Å². The van der Waals surface area contributed by atoms with E-state index in [1.54, 1.807) is 36.4 Å². The van der Waals surface area contributed by atoms with E-state index in [0.29, 0.717) is 16.3 Å². The zero-order chi connectivity index (χ0) is 18.0. The first kappa shape index (κ1) is 17.0. The van der Waals surface area contributed by atoms with Gasteiger partial charge in [-0.2, -0.15) is 10.5 Å². The van der Waals surface area contributed by atoms with Crippen molar-refractivity contribution >= 4 is 17.6 Å². The third kappa shape index (κ3) is 2.56. The molecule has 1 aliphatic rings. The predicted molar refractivity (Wildman–Crippen MR) is 88.2 cm³/mol. The van der Waals surface area contributed by atoms with E-state index in [4.69, 9.17) is 20.8 Å². The van der Waals surface area contributed by atoms with Crippen LogP contribution in [0.25, 0.3) is 0 Å². The van der Waals surface area contributed by atoms with Crippen LogP contribution in [0.3, 0.4) is 0 Å². The third-order valence-electron chi connectivity index (χ3n) is 4.52. The summed E-state index contributed by atoms with van der Waals surface area (Å²) in [7, 11) is 1.26. The first-order chi connectivity index (χ1) is 12.1. The number of carbonyl (C=O) groups excluding carboxylic acids is 1. The molecule has 3 atom stereocenters. The molecule has 0 bridgehead atoms. The summed E-state index contributed by atoms with van der Waals surface area (Å²) in [6.07, 6.45) is 1.44. The van der Waals surface area contributed by atoms with Gasteiger partial charge in [-0.05, 0) is 23.8 Å². The van der Waals surface area contributed by atoms with E-state index in [0.717, 1.165) is 0 Å². The summed E-state index contributed by atoms with van der Waals surface area (Å²) in [6, 6.07) is 12.7. The van der Waals surface area contributed by atoms with Gasteiger partial charge in [0.15, 0.2) is 5.41 Å².